The Hall–Kier alpha value is -6.62. The molecular formula is C44H34ClN3O6S. The van der Waals surface area contributed by atoms with Gasteiger partial charge in [-0.1, -0.05) is 103 Å². The fourth-order valence-electron chi connectivity index (χ4n) is 5.31. The minimum absolute atomic E-state index is 0.0130. The number of anilines is 2. The van der Waals surface area contributed by atoms with Gasteiger partial charge in [-0.15, -0.1) is 11.8 Å². The molecule has 0 saturated carbocycles. The number of hydrogen-bond donors (Lipinski definition) is 4. The second-order valence-electron chi connectivity index (χ2n) is 12.1. The van der Waals surface area contributed by atoms with Crippen molar-refractivity contribution in [1.29, 1.82) is 0 Å². The zero-order chi connectivity index (χ0) is 38.6. The average Bonchev–Trinajstić information content (AvgIpc) is 3.21. The molecule has 6 aromatic rings. The third-order valence-electron chi connectivity index (χ3n) is 8.15. The Morgan fingerprint density at radius 1 is 0.709 bits per heavy atom. The van der Waals surface area contributed by atoms with Gasteiger partial charge in [-0.3, -0.25) is 14.4 Å². The normalized spacial score (nSPS) is 11.5. The molecule has 0 aliphatic carbocycles. The first-order valence-corrected chi connectivity index (χ1v) is 18.3. The first-order chi connectivity index (χ1) is 26.7. The molecule has 9 nitrogen and oxygen atoms in total. The number of halogens is 1. The fourth-order valence-corrected chi connectivity index (χ4v) is 6.50. The van der Waals surface area contributed by atoms with Crippen LogP contribution in [0.2, 0.25) is 5.02 Å². The third kappa shape index (κ3) is 10.7. The number of carboxylic acid groups (broad SMARTS) is 1. The Labute approximate surface area is 327 Å². The number of nitrogens with one attached hydrogen (secondary N) is 3. The molecule has 55 heavy (non-hydrogen) atoms. The lowest BCUT2D eigenvalue weighted by atomic mass is 10.1. The van der Waals surface area contributed by atoms with E-state index in [0.717, 1.165) is 10.5 Å². The summed E-state index contributed by atoms with van der Waals surface area (Å²) in [5.74, 6) is -1.89. The summed E-state index contributed by atoms with van der Waals surface area (Å²) in [6.45, 7) is 0.409. The molecule has 274 valence electrons. The van der Waals surface area contributed by atoms with Gasteiger partial charge in [0.2, 0.25) is 5.91 Å². The van der Waals surface area contributed by atoms with E-state index in [0.29, 0.717) is 34.7 Å². The first-order valence-electron chi connectivity index (χ1n) is 17.0. The molecular weight excluding hydrogens is 734 g/mol. The van der Waals surface area contributed by atoms with Crippen LogP contribution in [0.3, 0.4) is 0 Å². The Morgan fingerprint density at radius 3 is 2.00 bits per heavy atom. The van der Waals surface area contributed by atoms with Gasteiger partial charge in [0.05, 0.1) is 16.3 Å². The number of carbonyl (C=O) groups is 4. The molecule has 0 aromatic heterocycles. The van der Waals surface area contributed by atoms with E-state index in [2.05, 4.69) is 16.0 Å². The molecule has 0 saturated heterocycles. The molecule has 1 atom stereocenters. The van der Waals surface area contributed by atoms with E-state index in [-0.39, 0.29) is 22.0 Å². The monoisotopic (exact) mass is 767 g/mol. The Kier molecular flexibility index (Phi) is 12.8. The predicted octanol–water partition coefficient (Wildman–Crippen LogP) is 9.50. The van der Waals surface area contributed by atoms with Crippen LogP contribution < -0.4 is 20.7 Å². The van der Waals surface area contributed by atoms with Gasteiger partial charge in [-0.05, 0) is 89.5 Å². The van der Waals surface area contributed by atoms with Crippen molar-refractivity contribution < 1.29 is 29.0 Å². The van der Waals surface area contributed by atoms with Crippen LogP contribution in [-0.4, -0.2) is 28.8 Å². The molecule has 0 radical (unpaired) electrons. The zero-order valence-electron chi connectivity index (χ0n) is 29.1. The number of hydrogen-bond acceptors (Lipinski definition) is 6. The maximum atomic E-state index is 13.7. The minimum atomic E-state index is -1.14. The van der Waals surface area contributed by atoms with Crippen molar-refractivity contribution in [2.24, 2.45) is 0 Å². The summed E-state index contributed by atoms with van der Waals surface area (Å²) >= 11 is 7.56. The van der Waals surface area contributed by atoms with Crippen molar-refractivity contribution in [3.05, 3.63) is 196 Å². The highest BCUT2D eigenvalue weighted by molar-refractivity contribution is 8.00. The van der Waals surface area contributed by atoms with Gasteiger partial charge in [0.25, 0.3) is 11.8 Å². The van der Waals surface area contributed by atoms with E-state index < -0.39 is 28.9 Å². The summed E-state index contributed by atoms with van der Waals surface area (Å²) in [7, 11) is 0. The summed E-state index contributed by atoms with van der Waals surface area (Å²) in [6.07, 6.45) is 1.59. The predicted molar refractivity (Wildman–Crippen MR) is 216 cm³/mol. The van der Waals surface area contributed by atoms with Crippen LogP contribution in [0.1, 0.15) is 42.7 Å². The third-order valence-corrected chi connectivity index (χ3v) is 9.74. The molecule has 11 heteroatoms. The summed E-state index contributed by atoms with van der Waals surface area (Å²) in [5, 5.41) is 17.3. The van der Waals surface area contributed by atoms with Crippen LogP contribution in [0.25, 0.3) is 6.08 Å². The van der Waals surface area contributed by atoms with Gasteiger partial charge >= 0.3 is 5.97 Å². The SMILES string of the molecule is O=C(Nc1ccc(SC(C(=O)Nc2cc(C(=O)O)ccc2Cl)c2ccccc2)cc1)/C(=C/c1ccc(OCc2ccccc2)cc1)NC(=O)c1ccccc1. The molecule has 0 aliphatic rings. The molecule has 4 N–H and O–H groups in total. The van der Waals surface area contributed by atoms with Gasteiger partial charge in [0, 0.05) is 16.1 Å². The first kappa shape index (κ1) is 38.1. The smallest absolute Gasteiger partial charge is 0.335 e. The van der Waals surface area contributed by atoms with Crippen molar-refractivity contribution >= 4 is 64.5 Å². The second kappa shape index (κ2) is 18.4. The van der Waals surface area contributed by atoms with E-state index in [1.54, 1.807) is 84.9 Å². The largest absolute Gasteiger partial charge is 0.489 e. The summed E-state index contributed by atoms with van der Waals surface area (Å²) in [4.78, 5) is 52.7. The van der Waals surface area contributed by atoms with E-state index in [1.807, 2.05) is 60.7 Å². The number of amides is 3. The van der Waals surface area contributed by atoms with Gasteiger partial charge in [-0.2, -0.15) is 0 Å². The molecule has 6 rings (SSSR count). The van der Waals surface area contributed by atoms with E-state index in [1.165, 1.54) is 30.0 Å². The van der Waals surface area contributed by atoms with Crippen LogP contribution in [-0.2, 0) is 16.2 Å². The van der Waals surface area contributed by atoms with Crippen molar-refractivity contribution in [3.8, 4) is 5.75 Å². The topological polar surface area (TPSA) is 134 Å². The van der Waals surface area contributed by atoms with Crippen molar-refractivity contribution in [2.45, 2.75) is 16.8 Å². The number of rotatable bonds is 14. The molecule has 1 unspecified atom stereocenters. The number of thioether (sulfide) groups is 1. The van der Waals surface area contributed by atoms with Gasteiger partial charge in [0.15, 0.2) is 0 Å². The number of aromatic carboxylic acids is 1. The lowest BCUT2D eigenvalue weighted by Crippen LogP contribution is -2.30. The minimum Gasteiger partial charge on any atom is -0.489 e. The number of ether oxygens (including phenoxy) is 1. The van der Waals surface area contributed by atoms with Gasteiger partial charge in [0.1, 0.15) is 23.3 Å². The summed E-state index contributed by atoms with van der Waals surface area (Å²) in [6, 6.07) is 45.7. The highest BCUT2D eigenvalue weighted by Crippen LogP contribution is 2.37. The summed E-state index contributed by atoms with van der Waals surface area (Å²) in [5.41, 5.74) is 3.46. The molecule has 0 spiro atoms. The number of carboxylic acids is 1. The highest BCUT2D eigenvalue weighted by atomic mass is 35.5. The quantitative estimate of drug-likeness (QED) is 0.0641. The lowest BCUT2D eigenvalue weighted by Gasteiger charge is -2.18. The van der Waals surface area contributed by atoms with E-state index >= 15 is 0 Å². The highest BCUT2D eigenvalue weighted by Gasteiger charge is 2.24. The number of benzene rings is 6. The van der Waals surface area contributed by atoms with Crippen molar-refractivity contribution in [1.82, 2.24) is 5.32 Å². The van der Waals surface area contributed by atoms with Gasteiger partial charge < -0.3 is 25.8 Å². The molecule has 6 aromatic carbocycles. The van der Waals surface area contributed by atoms with Crippen molar-refractivity contribution in [3.63, 3.8) is 0 Å². The van der Waals surface area contributed by atoms with Crippen LogP contribution in [0.15, 0.2) is 168 Å². The van der Waals surface area contributed by atoms with Crippen molar-refractivity contribution in [2.75, 3.05) is 10.6 Å². The average molecular weight is 768 g/mol. The lowest BCUT2D eigenvalue weighted by molar-refractivity contribution is -0.116. The standard InChI is InChI=1S/C44H34ClN3O6S/c45-37-25-18-33(44(52)53)27-38(37)47-43(51)40(31-12-6-2-7-13-31)55-36-23-19-34(20-24-36)46-42(50)39(48-41(49)32-14-8-3-9-15-32)26-29-16-21-35(22-17-29)54-28-30-10-4-1-5-11-30/h1-27,40H,28H2,(H,46,50)(H,47,51)(H,48,49)(H,52,53)/b39-26-. The maximum absolute atomic E-state index is 13.7. The molecule has 0 heterocycles. The molecule has 0 aliphatic heterocycles. The summed E-state index contributed by atoms with van der Waals surface area (Å²) < 4.78 is 5.90. The van der Waals surface area contributed by atoms with E-state index in [4.69, 9.17) is 16.3 Å². The van der Waals surface area contributed by atoms with Crippen LogP contribution in [0, 0.1) is 0 Å². The molecule has 0 fully saturated rings. The van der Waals surface area contributed by atoms with E-state index in [9.17, 15) is 24.3 Å². The Balaban J connectivity index is 1.17. The zero-order valence-corrected chi connectivity index (χ0v) is 30.7. The maximum Gasteiger partial charge on any atom is 0.335 e. The van der Waals surface area contributed by atoms with Crippen LogP contribution >= 0.6 is 23.4 Å². The van der Waals surface area contributed by atoms with Crippen LogP contribution in [0.5, 0.6) is 5.75 Å². The fraction of sp³-hybridized carbons (Fsp3) is 0.0455. The second-order valence-corrected chi connectivity index (χ2v) is 13.7. The Morgan fingerprint density at radius 2 is 1.35 bits per heavy atom. The Bertz CT molecular complexity index is 2300. The van der Waals surface area contributed by atoms with Crippen LogP contribution in [0.4, 0.5) is 11.4 Å². The molecule has 3 amide bonds. The number of carbonyl (C=O) groups excluding carboxylic acids is 3. The molecule has 0 bridgehead atoms. The van der Waals surface area contributed by atoms with Gasteiger partial charge in [-0.25, -0.2) is 4.79 Å².